The smallest absolute Gasteiger partial charge is 0.259 e. The zero-order chi connectivity index (χ0) is 21.8. The Morgan fingerprint density at radius 1 is 1.00 bits per heavy atom. The Hall–Kier alpha value is -3.87. The Bertz CT molecular complexity index is 1120. The Morgan fingerprint density at radius 2 is 1.84 bits per heavy atom. The third kappa shape index (κ3) is 4.21. The van der Waals surface area contributed by atoms with Gasteiger partial charge in [-0.25, -0.2) is 0 Å². The van der Waals surface area contributed by atoms with E-state index in [1.54, 1.807) is 54.7 Å². The van der Waals surface area contributed by atoms with Crippen LogP contribution in [0.1, 0.15) is 32.7 Å². The number of carbonyl (C=O) groups excluding carboxylic acids is 2. The van der Waals surface area contributed by atoms with Gasteiger partial charge in [0.1, 0.15) is 0 Å². The molecular formula is C24H23N3O4. The lowest BCUT2D eigenvalue weighted by Gasteiger charge is -2.30. The summed E-state index contributed by atoms with van der Waals surface area (Å²) >= 11 is 0. The van der Waals surface area contributed by atoms with Crippen molar-refractivity contribution in [3.63, 3.8) is 0 Å². The molecule has 1 N–H and O–H groups in total. The van der Waals surface area contributed by atoms with Crippen LogP contribution in [0, 0.1) is 0 Å². The number of nitrogens with zero attached hydrogens (tertiary/aromatic N) is 2. The van der Waals surface area contributed by atoms with Crippen molar-refractivity contribution in [2.45, 2.75) is 12.8 Å². The molecule has 31 heavy (non-hydrogen) atoms. The average Bonchev–Trinajstić information content (AvgIpc) is 2.83. The summed E-state index contributed by atoms with van der Waals surface area (Å²) in [5, 5.41) is 2.92. The number of hydrogen-bond donors (Lipinski definition) is 1. The molecule has 0 aliphatic carbocycles. The van der Waals surface area contributed by atoms with Crippen LogP contribution in [0.5, 0.6) is 11.5 Å². The quantitative estimate of drug-likeness (QED) is 0.680. The van der Waals surface area contributed by atoms with Crippen LogP contribution in [0.4, 0.5) is 11.4 Å². The second-order valence-electron chi connectivity index (χ2n) is 7.17. The van der Waals surface area contributed by atoms with Gasteiger partial charge in [0.25, 0.3) is 11.8 Å². The van der Waals surface area contributed by atoms with Crippen LogP contribution in [0.25, 0.3) is 0 Å². The number of anilines is 2. The summed E-state index contributed by atoms with van der Waals surface area (Å²) in [5.74, 6) is 0.729. The fraction of sp³-hybridized carbons (Fsp3) is 0.208. The first-order chi connectivity index (χ1) is 15.1. The van der Waals surface area contributed by atoms with Crippen molar-refractivity contribution < 1.29 is 19.1 Å². The second kappa shape index (κ2) is 8.87. The molecule has 1 aromatic heterocycles. The van der Waals surface area contributed by atoms with Crippen molar-refractivity contribution in [3.8, 4) is 11.5 Å². The molecule has 0 radical (unpaired) electrons. The maximum Gasteiger partial charge on any atom is 0.259 e. The molecule has 0 spiro atoms. The first kappa shape index (κ1) is 20.4. The van der Waals surface area contributed by atoms with E-state index in [1.165, 1.54) is 7.11 Å². The number of pyridine rings is 1. The number of ether oxygens (including phenoxy) is 2. The molecule has 2 aromatic carbocycles. The highest BCUT2D eigenvalue weighted by Gasteiger charge is 2.24. The topological polar surface area (TPSA) is 80.8 Å². The lowest BCUT2D eigenvalue weighted by atomic mass is 10.00. The highest BCUT2D eigenvalue weighted by atomic mass is 16.5. The van der Waals surface area contributed by atoms with Crippen molar-refractivity contribution >= 4 is 23.2 Å². The van der Waals surface area contributed by atoms with E-state index in [0.717, 1.165) is 24.1 Å². The summed E-state index contributed by atoms with van der Waals surface area (Å²) in [6.45, 7) is 0.651. The van der Waals surface area contributed by atoms with Crippen molar-refractivity contribution in [3.05, 3.63) is 77.6 Å². The second-order valence-corrected chi connectivity index (χ2v) is 7.17. The fourth-order valence-corrected chi connectivity index (χ4v) is 3.71. The van der Waals surface area contributed by atoms with Gasteiger partial charge in [-0.3, -0.25) is 14.6 Å². The minimum Gasteiger partial charge on any atom is -0.493 e. The number of hydrogen-bond acceptors (Lipinski definition) is 5. The minimum atomic E-state index is -0.250. The fourth-order valence-electron chi connectivity index (χ4n) is 3.71. The monoisotopic (exact) mass is 417 g/mol. The number of amides is 2. The Morgan fingerprint density at radius 3 is 2.58 bits per heavy atom. The van der Waals surface area contributed by atoms with Crippen LogP contribution < -0.4 is 19.7 Å². The van der Waals surface area contributed by atoms with Gasteiger partial charge in [-0.05, 0) is 66.9 Å². The molecule has 158 valence electrons. The summed E-state index contributed by atoms with van der Waals surface area (Å²) in [6.07, 6.45) is 4.92. The van der Waals surface area contributed by atoms with E-state index in [2.05, 4.69) is 10.3 Å². The molecule has 7 heteroatoms. The van der Waals surface area contributed by atoms with Gasteiger partial charge in [0.15, 0.2) is 11.5 Å². The third-order valence-electron chi connectivity index (χ3n) is 5.26. The first-order valence-electron chi connectivity index (χ1n) is 9.99. The van der Waals surface area contributed by atoms with E-state index < -0.39 is 0 Å². The highest BCUT2D eigenvalue weighted by Crippen LogP contribution is 2.32. The standard InChI is InChI=1S/C24H23N3O4/c1-30-21-10-7-17(14-22(21)31-2)23(28)26-19-8-9-20-16(13-19)6-4-12-27(20)24(29)18-5-3-11-25-15-18/h3,5,7-11,13-15H,4,6,12H2,1-2H3,(H,26,28). The molecule has 3 aromatic rings. The van der Waals surface area contributed by atoms with E-state index in [1.807, 2.05) is 18.2 Å². The van der Waals surface area contributed by atoms with Gasteiger partial charge in [-0.1, -0.05) is 0 Å². The van der Waals surface area contributed by atoms with Gasteiger partial charge in [-0.2, -0.15) is 0 Å². The molecule has 2 amide bonds. The van der Waals surface area contributed by atoms with Gasteiger partial charge < -0.3 is 19.7 Å². The van der Waals surface area contributed by atoms with Crippen molar-refractivity contribution in [2.75, 3.05) is 31.0 Å². The number of fused-ring (bicyclic) bond motifs is 1. The maximum atomic E-state index is 12.9. The SMILES string of the molecule is COc1ccc(C(=O)Nc2ccc3c(c2)CCCN3C(=O)c2cccnc2)cc1OC. The molecule has 0 unspecified atom stereocenters. The van der Waals surface area contributed by atoms with Crippen LogP contribution >= 0.6 is 0 Å². The zero-order valence-corrected chi connectivity index (χ0v) is 17.4. The van der Waals surface area contributed by atoms with E-state index in [4.69, 9.17) is 9.47 Å². The summed E-state index contributed by atoms with van der Waals surface area (Å²) in [5.41, 5.74) is 3.58. The predicted molar refractivity (Wildman–Crippen MR) is 118 cm³/mol. The van der Waals surface area contributed by atoms with E-state index >= 15 is 0 Å². The number of benzene rings is 2. The van der Waals surface area contributed by atoms with Crippen LogP contribution in [0.15, 0.2) is 60.9 Å². The van der Waals surface area contributed by atoms with Crippen LogP contribution in [-0.4, -0.2) is 37.6 Å². The predicted octanol–water partition coefficient (Wildman–Crippen LogP) is 3.94. The number of carbonyl (C=O) groups is 2. The molecule has 0 saturated heterocycles. The van der Waals surface area contributed by atoms with E-state index in [-0.39, 0.29) is 11.8 Å². The largest absolute Gasteiger partial charge is 0.493 e. The molecule has 0 bridgehead atoms. The van der Waals surface area contributed by atoms with Crippen LogP contribution in [0.3, 0.4) is 0 Å². The zero-order valence-electron chi connectivity index (χ0n) is 17.4. The molecule has 4 rings (SSSR count). The van der Waals surface area contributed by atoms with E-state index in [0.29, 0.717) is 34.9 Å². The summed E-state index contributed by atoms with van der Waals surface area (Å²) < 4.78 is 10.5. The van der Waals surface area contributed by atoms with Crippen molar-refractivity contribution in [1.82, 2.24) is 4.98 Å². The molecule has 0 fully saturated rings. The number of aromatic nitrogens is 1. The maximum absolute atomic E-state index is 12.9. The number of aryl methyl sites for hydroxylation is 1. The van der Waals surface area contributed by atoms with Gasteiger partial charge in [0.2, 0.25) is 0 Å². The Balaban J connectivity index is 1.54. The van der Waals surface area contributed by atoms with Crippen LogP contribution in [-0.2, 0) is 6.42 Å². The first-order valence-corrected chi connectivity index (χ1v) is 9.99. The summed E-state index contributed by atoms with van der Waals surface area (Å²) in [7, 11) is 3.08. The van der Waals surface area contributed by atoms with Crippen molar-refractivity contribution in [2.24, 2.45) is 0 Å². The van der Waals surface area contributed by atoms with Crippen LogP contribution in [0.2, 0.25) is 0 Å². The third-order valence-corrected chi connectivity index (χ3v) is 5.26. The molecule has 1 aliphatic heterocycles. The molecular weight excluding hydrogens is 394 g/mol. The molecule has 0 saturated carbocycles. The number of nitrogens with one attached hydrogen (secondary N) is 1. The van der Waals surface area contributed by atoms with Gasteiger partial charge in [0.05, 0.1) is 19.8 Å². The number of methoxy groups -OCH3 is 2. The number of rotatable bonds is 5. The lowest BCUT2D eigenvalue weighted by Crippen LogP contribution is -2.35. The Kier molecular flexibility index (Phi) is 5.84. The molecule has 2 heterocycles. The summed E-state index contributed by atoms with van der Waals surface area (Å²) in [6, 6.07) is 14.2. The molecule has 1 aliphatic rings. The highest BCUT2D eigenvalue weighted by molar-refractivity contribution is 6.07. The normalized spacial score (nSPS) is 12.6. The van der Waals surface area contributed by atoms with Gasteiger partial charge in [0, 0.05) is 35.9 Å². The Labute approximate surface area is 180 Å². The molecule has 0 atom stereocenters. The minimum absolute atomic E-state index is 0.0730. The summed E-state index contributed by atoms with van der Waals surface area (Å²) in [4.78, 5) is 31.5. The van der Waals surface area contributed by atoms with E-state index in [9.17, 15) is 9.59 Å². The molecule has 7 nitrogen and oxygen atoms in total. The lowest BCUT2D eigenvalue weighted by molar-refractivity contribution is 0.0983. The van der Waals surface area contributed by atoms with Crippen molar-refractivity contribution in [1.29, 1.82) is 0 Å². The van der Waals surface area contributed by atoms with Gasteiger partial charge >= 0.3 is 0 Å². The average molecular weight is 417 g/mol. The van der Waals surface area contributed by atoms with Gasteiger partial charge in [-0.15, -0.1) is 0 Å².